The molecule has 6 nitrogen and oxygen atoms in total. The van der Waals surface area contributed by atoms with E-state index in [1.54, 1.807) is 35.1 Å². The number of imidazole rings is 1. The Morgan fingerprint density at radius 3 is 2.88 bits per heavy atom. The minimum atomic E-state index is -0.448. The quantitative estimate of drug-likeness (QED) is 0.415. The van der Waals surface area contributed by atoms with Crippen LogP contribution in [0, 0.1) is 5.82 Å². The van der Waals surface area contributed by atoms with Crippen LogP contribution in [0.3, 0.4) is 0 Å². The Bertz CT molecular complexity index is 1110. The van der Waals surface area contributed by atoms with E-state index in [0.29, 0.717) is 26.4 Å². The topological polar surface area (TPSA) is 68.2 Å². The van der Waals surface area contributed by atoms with E-state index in [2.05, 4.69) is 36.4 Å². The molecular weight excluding hydrogens is 448 g/mol. The van der Waals surface area contributed by atoms with Crippen molar-refractivity contribution in [3.63, 3.8) is 0 Å². The summed E-state index contributed by atoms with van der Waals surface area (Å²) in [5.41, 5.74) is 1.64. The fraction of sp³-hybridized carbons (Fsp3) is 0.0625. The minimum absolute atomic E-state index is 0.0815. The van der Waals surface area contributed by atoms with Gasteiger partial charge >= 0.3 is 0 Å². The number of hydrogen-bond acceptors (Lipinski definition) is 5. The van der Waals surface area contributed by atoms with Crippen molar-refractivity contribution in [2.75, 3.05) is 5.32 Å². The molecule has 0 aliphatic heterocycles. The minimum Gasteiger partial charge on any atom is -0.419 e. The molecule has 0 aliphatic carbocycles. The van der Waals surface area contributed by atoms with Gasteiger partial charge in [0.1, 0.15) is 16.7 Å². The zero-order valence-corrected chi connectivity index (χ0v) is 16.0. The van der Waals surface area contributed by atoms with Crippen molar-refractivity contribution >= 4 is 56.2 Å². The van der Waals surface area contributed by atoms with Crippen LogP contribution in [0.1, 0.15) is 5.89 Å². The number of rotatable bonds is 4. The van der Waals surface area contributed by atoms with Crippen molar-refractivity contribution in [1.29, 1.82) is 0 Å². The highest BCUT2D eigenvalue weighted by molar-refractivity contribution is 9.10. The third-order valence-corrected chi connectivity index (χ3v) is 4.70. The second-order valence-electron chi connectivity index (χ2n) is 5.27. The third-order valence-electron chi connectivity index (χ3n) is 3.62. The van der Waals surface area contributed by atoms with E-state index in [4.69, 9.17) is 27.6 Å². The lowest BCUT2D eigenvalue weighted by Crippen LogP contribution is -2.00. The van der Waals surface area contributed by atoms with Gasteiger partial charge in [-0.25, -0.2) is 9.37 Å². The standard InChI is InChI=1S/C16H9BrCl2FN5O/c17-8-1-2-11(10(20)5-8)22-14-9(16-24-23-12(6-18)26-16)7-25-4-3-21-15(25)13(14)19/h1-5,7,22H,6H2. The maximum atomic E-state index is 14.3. The van der Waals surface area contributed by atoms with Crippen LogP contribution in [0.15, 0.2) is 45.7 Å². The highest BCUT2D eigenvalue weighted by Crippen LogP contribution is 2.38. The molecule has 0 saturated heterocycles. The van der Waals surface area contributed by atoms with Crippen LogP contribution in [0.5, 0.6) is 0 Å². The Morgan fingerprint density at radius 2 is 2.15 bits per heavy atom. The highest BCUT2D eigenvalue weighted by atomic mass is 79.9. The predicted molar refractivity (Wildman–Crippen MR) is 100 cm³/mol. The van der Waals surface area contributed by atoms with E-state index in [-0.39, 0.29) is 23.3 Å². The van der Waals surface area contributed by atoms with Gasteiger partial charge in [-0.1, -0.05) is 27.5 Å². The molecule has 0 saturated carbocycles. The van der Waals surface area contributed by atoms with Crippen LogP contribution < -0.4 is 5.32 Å². The third kappa shape index (κ3) is 3.04. The lowest BCUT2D eigenvalue weighted by Gasteiger charge is -2.14. The number of alkyl halides is 1. The van der Waals surface area contributed by atoms with Gasteiger partial charge in [0.2, 0.25) is 5.89 Å². The summed E-state index contributed by atoms with van der Waals surface area (Å²) < 4.78 is 22.2. The fourth-order valence-electron chi connectivity index (χ4n) is 2.45. The van der Waals surface area contributed by atoms with Crippen molar-refractivity contribution in [2.24, 2.45) is 0 Å². The van der Waals surface area contributed by atoms with Gasteiger partial charge in [-0.2, -0.15) is 0 Å². The second-order valence-corrected chi connectivity index (χ2v) is 6.83. The van der Waals surface area contributed by atoms with Crippen LogP contribution in [0.2, 0.25) is 5.02 Å². The molecule has 0 fully saturated rings. The van der Waals surface area contributed by atoms with Crippen molar-refractivity contribution < 1.29 is 8.81 Å². The van der Waals surface area contributed by atoms with Crippen molar-refractivity contribution in [3.05, 3.63) is 58.0 Å². The number of benzene rings is 1. The molecule has 3 aromatic heterocycles. The number of hydrogen-bond donors (Lipinski definition) is 1. The van der Waals surface area contributed by atoms with Crippen molar-refractivity contribution in [1.82, 2.24) is 19.6 Å². The summed E-state index contributed by atoms with van der Waals surface area (Å²) in [5.74, 6) is 0.108. The van der Waals surface area contributed by atoms with Crippen LogP contribution in [-0.2, 0) is 5.88 Å². The van der Waals surface area contributed by atoms with E-state index < -0.39 is 5.82 Å². The Balaban J connectivity index is 1.90. The summed E-state index contributed by atoms with van der Waals surface area (Å²) in [6, 6.07) is 4.65. The number of fused-ring (bicyclic) bond motifs is 1. The molecular formula is C16H9BrCl2FN5O. The largest absolute Gasteiger partial charge is 0.419 e. The Morgan fingerprint density at radius 1 is 1.31 bits per heavy atom. The summed E-state index contributed by atoms with van der Waals surface area (Å²) in [6.07, 6.45) is 5.05. The molecule has 0 radical (unpaired) electrons. The summed E-state index contributed by atoms with van der Waals surface area (Å²) in [7, 11) is 0. The van der Waals surface area contributed by atoms with Gasteiger partial charge in [-0.3, -0.25) is 0 Å². The van der Waals surface area contributed by atoms with E-state index in [1.807, 2.05) is 0 Å². The first-order valence-corrected chi connectivity index (χ1v) is 9.03. The predicted octanol–water partition coefficient (Wildman–Crippen LogP) is 5.42. The Hall–Kier alpha value is -2.16. The molecule has 4 aromatic rings. The van der Waals surface area contributed by atoms with Gasteiger partial charge in [0, 0.05) is 23.1 Å². The van der Waals surface area contributed by atoms with E-state index in [0.717, 1.165) is 0 Å². The Labute approximate surface area is 165 Å². The first-order chi connectivity index (χ1) is 12.6. The SMILES string of the molecule is Fc1cc(Br)ccc1Nc1c(-c2nnc(CCl)o2)cn2ccnc2c1Cl. The number of anilines is 2. The Kier molecular flexibility index (Phi) is 4.56. The van der Waals surface area contributed by atoms with E-state index >= 15 is 0 Å². The number of nitrogens with zero attached hydrogens (tertiary/aromatic N) is 4. The fourth-order valence-corrected chi connectivity index (χ4v) is 3.18. The lowest BCUT2D eigenvalue weighted by molar-refractivity contribution is 0.527. The number of nitrogens with one attached hydrogen (secondary N) is 1. The number of pyridine rings is 1. The molecule has 3 heterocycles. The van der Waals surface area contributed by atoms with E-state index in [9.17, 15) is 4.39 Å². The molecule has 10 heteroatoms. The molecule has 0 amide bonds. The van der Waals surface area contributed by atoms with Crippen LogP contribution >= 0.6 is 39.1 Å². The molecule has 0 unspecified atom stereocenters. The molecule has 0 aliphatic rings. The van der Waals surface area contributed by atoms with Gasteiger partial charge in [-0.05, 0) is 18.2 Å². The summed E-state index contributed by atoms with van der Waals surface area (Å²) in [6.45, 7) is 0. The summed E-state index contributed by atoms with van der Waals surface area (Å²) >= 11 is 15.5. The van der Waals surface area contributed by atoms with Crippen LogP contribution in [0.25, 0.3) is 17.1 Å². The van der Waals surface area contributed by atoms with Gasteiger partial charge in [0.25, 0.3) is 5.89 Å². The number of aromatic nitrogens is 4. The van der Waals surface area contributed by atoms with Crippen molar-refractivity contribution in [3.8, 4) is 11.5 Å². The molecule has 4 rings (SSSR count). The maximum absolute atomic E-state index is 14.3. The van der Waals surface area contributed by atoms with Gasteiger partial charge < -0.3 is 14.1 Å². The smallest absolute Gasteiger partial charge is 0.251 e. The molecule has 0 atom stereocenters. The highest BCUT2D eigenvalue weighted by Gasteiger charge is 2.20. The zero-order chi connectivity index (χ0) is 18.3. The summed E-state index contributed by atoms with van der Waals surface area (Å²) in [5, 5.41) is 11.1. The molecule has 1 N–H and O–H groups in total. The lowest BCUT2D eigenvalue weighted by atomic mass is 10.2. The van der Waals surface area contributed by atoms with E-state index in [1.165, 1.54) is 6.07 Å². The maximum Gasteiger partial charge on any atom is 0.251 e. The van der Waals surface area contributed by atoms with Crippen molar-refractivity contribution in [2.45, 2.75) is 5.88 Å². The van der Waals surface area contributed by atoms with Crippen LogP contribution in [0.4, 0.5) is 15.8 Å². The average Bonchev–Trinajstić information content (AvgIpc) is 3.28. The number of halogens is 4. The summed E-state index contributed by atoms with van der Waals surface area (Å²) in [4.78, 5) is 4.22. The molecule has 0 bridgehead atoms. The van der Waals surface area contributed by atoms with Gasteiger partial charge in [0.05, 0.1) is 16.9 Å². The first kappa shape index (κ1) is 17.3. The normalized spacial score (nSPS) is 11.2. The van der Waals surface area contributed by atoms with Gasteiger partial charge in [0.15, 0.2) is 5.65 Å². The average molecular weight is 457 g/mol. The van der Waals surface area contributed by atoms with Gasteiger partial charge in [-0.15, -0.1) is 21.8 Å². The molecule has 132 valence electrons. The first-order valence-electron chi connectivity index (χ1n) is 7.33. The molecule has 0 spiro atoms. The zero-order valence-electron chi connectivity index (χ0n) is 12.9. The van der Waals surface area contributed by atoms with Crippen LogP contribution in [-0.4, -0.2) is 19.6 Å². The second kappa shape index (κ2) is 6.86. The molecule has 26 heavy (non-hydrogen) atoms. The monoisotopic (exact) mass is 455 g/mol. The molecule has 1 aromatic carbocycles.